The minimum absolute atomic E-state index is 0.0945. The molecule has 0 unspecified atom stereocenters. The minimum atomic E-state index is -0.410. The van der Waals surface area contributed by atoms with Crippen LogP contribution in [0.25, 0.3) is 0 Å². The topological polar surface area (TPSA) is 40.5 Å². The van der Waals surface area contributed by atoms with Crippen molar-refractivity contribution in [2.45, 2.75) is 79.4 Å². The second-order valence-corrected chi connectivity index (χ2v) is 6.85. The molecule has 0 spiro atoms. The number of rotatable bonds is 6. The van der Waals surface area contributed by atoms with Crippen LogP contribution < -0.4 is 0 Å². The van der Waals surface area contributed by atoms with E-state index >= 15 is 0 Å². The predicted octanol–water partition coefficient (Wildman–Crippen LogP) is 3.36. The maximum Gasteiger partial charge on any atom is 0.0615 e. The molecule has 0 bridgehead atoms. The van der Waals surface area contributed by atoms with Gasteiger partial charge in [-0.25, -0.2) is 0 Å². The van der Waals surface area contributed by atoms with Gasteiger partial charge in [-0.2, -0.15) is 0 Å². The van der Waals surface area contributed by atoms with E-state index in [0.29, 0.717) is 6.42 Å². The van der Waals surface area contributed by atoms with Gasteiger partial charge in [0.25, 0.3) is 0 Å². The second kappa shape index (κ2) is 6.02. The average molecular weight is 230 g/mol. The normalized spacial score (nSPS) is 17.2. The number of hydrogen-bond acceptors (Lipinski definition) is 2. The quantitative estimate of drug-likeness (QED) is 0.734. The first-order chi connectivity index (χ1) is 7.08. The first kappa shape index (κ1) is 15.9. The molecule has 0 radical (unpaired) electrons. The number of hydrogen-bond donors (Lipinski definition) is 2. The Morgan fingerprint density at radius 2 is 1.50 bits per heavy atom. The highest BCUT2D eigenvalue weighted by molar-refractivity contribution is 4.79. The van der Waals surface area contributed by atoms with Crippen molar-refractivity contribution in [3.05, 3.63) is 0 Å². The second-order valence-electron chi connectivity index (χ2n) is 6.85. The van der Waals surface area contributed by atoms with E-state index in [-0.39, 0.29) is 16.9 Å². The van der Waals surface area contributed by atoms with E-state index in [9.17, 15) is 10.2 Å². The summed E-state index contributed by atoms with van der Waals surface area (Å²) in [4.78, 5) is 0. The van der Waals surface area contributed by atoms with Crippen molar-refractivity contribution in [2.24, 2.45) is 10.8 Å². The van der Waals surface area contributed by atoms with Crippen molar-refractivity contribution in [1.82, 2.24) is 0 Å². The number of aliphatic hydroxyl groups is 2. The van der Waals surface area contributed by atoms with Crippen molar-refractivity contribution >= 4 is 0 Å². The van der Waals surface area contributed by atoms with Crippen LogP contribution in [0, 0.1) is 10.8 Å². The molecular weight excluding hydrogens is 200 g/mol. The Balaban J connectivity index is 4.01. The van der Waals surface area contributed by atoms with E-state index in [2.05, 4.69) is 27.7 Å². The zero-order chi connectivity index (χ0) is 13.0. The molecule has 2 heteroatoms. The van der Waals surface area contributed by atoms with Crippen LogP contribution in [0.15, 0.2) is 0 Å². The first-order valence-corrected chi connectivity index (χ1v) is 6.44. The molecule has 0 aliphatic rings. The van der Waals surface area contributed by atoms with Gasteiger partial charge in [-0.3, -0.25) is 0 Å². The summed E-state index contributed by atoms with van der Waals surface area (Å²) in [7, 11) is 0. The fraction of sp³-hybridized carbons (Fsp3) is 1.00. The molecular formula is C14H30O2. The van der Waals surface area contributed by atoms with Crippen LogP contribution in [0.2, 0.25) is 0 Å². The molecule has 2 nitrogen and oxygen atoms in total. The van der Waals surface area contributed by atoms with Gasteiger partial charge in [0.05, 0.1) is 12.2 Å². The Morgan fingerprint density at radius 3 is 1.88 bits per heavy atom. The van der Waals surface area contributed by atoms with E-state index in [1.54, 1.807) is 0 Å². The van der Waals surface area contributed by atoms with E-state index in [4.69, 9.17) is 0 Å². The summed E-state index contributed by atoms with van der Waals surface area (Å²) in [6.45, 7) is 12.7. The Bertz CT molecular complexity index is 191. The van der Waals surface area contributed by atoms with Gasteiger partial charge in [-0.1, -0.05) is 41.5 Å². The van der Waals surface area contributed by atoms with Gasteiger partial charge in [-0.05, 0) is 36.5 Å². The van der Waals surface area contributed by atoms with Crippen LogP contribution in [0.5, 0.6) is 0 Å². The van der Waals surface area contributed by atoms with Crippen molar-refractivity contribution < 1.29 is 10.2 Å². The molecule has 98 valence electrons. The summed E-state index contributed by atoms with van der Waals surface area (Å²) in [5.74, 6) is 0. The SMILES string of the molecule is CCC(C)(C)[C@@H](O)C[C@@H](O)CCC(C)(C)C. The predicted molar refractivity (Wildman–Crippen MR) is 69.4 cm³/mol. The molecule has 0 heterocycles. The lowest BCUT2D eigenvalue weighted by Crippen LogP contribution is -2.32. The maximum absolute atomic E-state index is 10.0. The summed E-state index contributed by atoms with van der Waals surface area (Å²) in [6, 6.07) is 0. The Hall–Kier alpha value is -0.0800. The first-order valence-electron chi connectivity index (χ1n) is 6.44. The summed E-state index contributed by atoms with van der Waals surface area (Å²) in [5, 5.41) is 19.9. The molecule has 16 heavy (non-hydrogen) atoms. The third-order valence-corrected chi connectivity index (χ3v) is 3.54. The van der Waals surface area contributed by atoms with Crippen molar-refractivity contribution in [3.8, 4) is 0 Å². The standard InChI is InChI=1S/C14H30O2/c1-7-14(5,6)12(16)10-11(15)8-9-13(2,3)4/h11-12,15-16H,7-10H2,1-6H3/t11-,12-/m0/s1. The third-order valence-electron chi connectivity index (χ3n) is 3.54. The molecule has 0 aliphatic carbocycles. The lowest BCUT2D eigenvalue weighted by Gasteiger charge is -2.31. The maximum atomic E-state index is 10.0. The summed E-state index contributed by atoms with van der Waals surface area (Å²) in [6.07, 6.45) is 2.41. The lowest BCUT2D eigenvalue weighted by atomic mass is 9.80. The van der Waals surface area contributed by atoms with E-state index in [0.717, 1.165) is 19.3 Å². The fourth-order valence-corrected chi connectivity index (χ4v) is 1.53. The van der Waals surface area contributed by atoms with Gasteiger partial charge in [-0.15, -0.1) is 0 Å². The molecule has 2 atom stereocenters. The molecule has 0 aromatic heterocycles. The molecule has 0 rings (SSSR count). The van der Waals surface area contributed by atoms with Crippen LogP contribution in [0.4, 0.5) is 0 Å². The highest BCUT2D eigenvalue weighted by atomic mass is 16.3. The summed E-state index contributed by atoms with van der Waals surface area (Å²) in [5.41, 5.74) is 0.162. The third kappa shape index (κ3) is 6.49. The van der Waals surface area contributed by atoms with Gasteiger partial charge in [0.2, 0.25) is 0 Å². The van der Waals surface area contributed by atoms with Crippen molar-refractivity contribution in [2.75, 3.05) is 0 Å². The highest BCUT2D eigenvalue weighted by Gasteiger charge is 2.28. The molecule has 2 N–H and O–H groups in total. The zero-order valence-electron chi connectivity index (χ0n) is 11.9. The zero-order valence-corrected chi connectivity index (χ0v) is 11.9. The Morgan fingerprint density at radius 1 is 1.00 bits per heavy atom. The van der Waals surface area contributed by atoms with Crippen molar-refractivity contribution in [3.63, 3.8) is 0 Å². The highest BCUT2D eigenvalue weighted by Crippen LogP contribution is 2.29. The average Bonchev–Trinajstić information content (AvgIpc) is 2.13. The van der Waals surface area contributed by atoms with Crippen LogP contribution in [-0.2, 0) is 0 Å². The van der Waals surface area contributed by atoms with E-state index < -0.39 is 6.10 Å². The molecule has 0 fully saturated rings. The van der Waals surface area contributed by atoms with Gasteiger partial charge in [0.15, 0.2) is 0 Å². The Kier molecular flexibility index (Phi) is 5.99. The molecule has 0 saturated carbocycles. The lowest BCUT2D eigenvalue weighted by molar-refractivity contribution is -0.00149. The fourth-order valence-electron chi connectivity index (χ4n) is 1.53. The molecule has 0 aromatic rings. The largest absolute Gasteiger partial charge is 0.393 e. The van der Waals surface area contributed by atoms with Gasteiger partial charge < -0.3 is 10.2 Å². The van der Waals surface area contributed by atoms with E-state index in [1.165, 1.54) is 0 Å². The van der Waals surface area contributed by atoms with E-state index in [1.807, 2.05) is 13.8 Å². The van der Waals surface area contributed by atoms with Crippen LogP contribution >= 0.6 is 0 Å². The molecule has 0 aromatic carbocycles. The summed E-state index contributed by atoms with van der Waals surface area (Å²) < 4.78 is 0. The van der Waals surface area contributed by atoms with Crippen LogP contribution in [-0.4, -0.2) is 22.4 Å². The summed E-state index contributed by atoms with van der Waals surface area (Å²) >= 11 is 0. The number of aliphatic hydroxyl groups excluding tert-OH is 2. The molecule has 0 saturated heterocycles. The van der Waals surface area contributed by atoms with Gasteiger partial charge in [0.1, 0.15) is 0 Å². The minimum Gasteiger partial charge on any atom is -0.393 e. The Labute approximate surface area is 101 Å². The monoisotopic (exact) mass is 230 g/mol. The van der Waals surface area contributed by atoms with Gasteiger partial charge >= 0.3 is 0 Å². The van der Waals surface area contributed by atoms with Gasteiger partial charge in [0, 0.05) is 0 Å². The van der Waals surface area contributed by atoms with Crippen LogP contribution in [0.1, 0.15) is 67.2 Å². The smallest absolute Gasteiger partial charge is 0.0615 e. The molecule has 0 aliphatic heterocycles. The van der Waals surface area contributed by atoms with Crippen molar-refractivity contribution in [1.29, 1.82) is 0 Å². The molecule has 0 amide bonds. The van der Waals surface area contributed by atoms with Crippen LogP contribution in [0.3, 0.4) is 0 Å².